The second kappa shape index (κ2) is 8.48. The predicted octanol–water partition coefficient (Wildman–Crippen LogP) is 3.38. The average molecular weight is 363 g/mol. The average Bonchev–Trinajstić information content (AvgIpc) is 3.00. The van der Waals surface area contributed by atoms with Crippen LogP contribution in [0.1, 0.15) is 12.5 Å². The second-order valence-corrected chi connectivity index (χ2v) is 13.5. The smallest absolute Gasteiger partial charge is 0.230 e. The van der Waals surface area contributed by atoms with Crippen molar-refractivity contribution in [3.63, 3.8) is 0 Å². The number of nitrogens with zero attached hydrogens (tertiary/aromatic N) is 3. The number of thioether (sulfide) groups is 1. The Balaban J connectivity index is 1.95. The van der Waals surface area contributed by atoms with Gasteiger partial charge in [0, 0.05) is 14.6 Å². The minimum atomic E-state index is -1.11. The summed E-state index contributed by atoms with van der Waals surface area (Å²) in [7, 11) is -1.11. The maximum atomic E-state index is 12.0. The molecule has 7 heteroatoms. The van der Waals surface area contributed by atoms with Crippen molar-refractivity contribution in [3.05, 3.63) is 36.2 Å². The summed E-state index contributed by atoms with van der Waals surface area (Å²) in [4.78, 5) is 12.0. The molecular formula is C17H26N4OSSi. The van der Waals surface area contributed by atoms with Gasteiger partial charge in [0.1, 0.15) is 6.33 Å². The van der Waals surface area contributed by atoms with Crippen LogP contribution in [0.5, 0.6) is 0 Å². The first-order chi connectivity index (χ1) is 11.4. The quantitative estimate of drug-likeness (QED) is 0.578. The third-order valence-corrected chi connectivity index (χ3v) is 6.37. The third-order valence-electron chi connectivity index (χ3n) is 3.68. The van der Waals surface area contributed by atoms with Crippen molar-refractivity contribution in [2.75, 3.05) is 12.3 Å². The normalized spacial score (nSPS) is 11.5. The highest BCUT2D eigenvalue weighted by Crippen LogP contribution is 2.22. The number of hydrogen-bond acceptors (Lipinski definition) is 4. The van der Waals surface area contributed by atoms with Crippen molar-refractivity contribution in [2.45, 2.75) is 44.2 Å². The number of hydrogen-bond donors (Lipinski definition) is 1. The molecule has 1 amide bonds. The van der Waals surface area contributed by atoms with Gasteiger partial charge in [0.15, 0.2) is 5.16 Å². The van der Waals surface area contributed by atoms with E-state index in [2.05, 4.69) is 54.2 Å². The molecular weight excluding hydrogens is 336 g/mol. The number of aromatic nitrogens is 3. The molecule has 0 bridgehead atoms. The molecule has 1 aromatic heterocycles. The Labute approximate surface area is 149 Å². The van der Waals surface area contributed by atoms with Gasteiger partial charge in [-0.1, -0.05) is 56.5 Å². The van der Waals surface area contributed by atoms with Crippen LogP contribution >= 0.6 is 11.8 Å². The molecule has 1 aromatic carbocycles. The molecule has 130 valence electrons. The van der Waals surface area contributed by atoms with Gasteiger partial charge in [-0.15, -0.1) is 10.2 Å². The Kier molecular flexibility index (Phi) is 6.62. The zero-order valence-electron chi connectivity index (χ0n) is 14.9. The van der Waals surface area contributed by atoms with E-state index in [1.54, 1.807) is 6.33 Å². The summed E-state index contributed by atoms with van der Waals surface area (Å²) in [6.45, 7) is 9.81. The van der Waals surface area contributed by atoms with E-state index in [-0.39, 0.29) is 5.91 Å². The van der Waals surface area contributed by atoms with Crippen LogP contribution in [0.3, 0.4) is 0 Å². The molecule has 0 spiro atoms. The molecule has 24 heavy (non-hydrogen) atoms. The first kappa shape index (κ1) is 18.7. The van der Waals surface area contributed by atoms with Crippen molar-refractivity contribution in [2.24, 2.45) is 0 Å². The van der Waals surface area contributed by atoms with Crippen LogP contribution < -0.4 is 5.32 Å². The third kappa shape index (κ3) is 5.49. The van der Waals surface area contributed by atoms with Gasteiger partial charge in [-0.05, 0) is 24.1 Å². The molecule has 1 heterocycles. The number of amides is 1. The number of nitrogens with one attached hydrogen (secondary N) is 1. The predicted molar refractivity (Wildman–Crippen MR) is 103 cm³/mol. The maximum Gasteiger partial charge on any atom is 0.230 e. The summed E-state index contributed by atoms with van der Waals surface area (Å²) in [6, 6.07) is 9.30. The van der Waals surface area contributed by atoms with Gasteiger partial charge in [-0.3, -0.25) is 9.36 Å². The maximum absolute atomic E-state index is 12.0. The van der Waals surface area contributed by atoms with Crippen molar-refractivity contribution in [3.8, 4) is 5.69 Å². The number of carbonyl (C=O) groups excluding carboxylic acids is 1. The number of para-hydroxylation sites is 1. The van der Waals surface area contributed by atoms with Crippen LogP contribution in [0.25, 0.3) is 5.69 Å². The van der Waals surface area contributed by atoms with Crippen molar-refractivity contribution >= 4 is 25.7 Å². The Bertz CT molecular complexity index is 681. The van der Waals surface area contributed by atoms with Crippen molar-refractivity contribution in [1.29, 1.82) is 0 Å². The second-order valence-electron chi connectivity index (χ2n) is 6.92. The molecule has 0 radical (unpaired) electrons. The highest BCUT2D eigenvalue weighted by atomic mass is 32.2. The topological polar surface area (TPSA) is 59.8 Å². The molecule has 0 aliphatic carbocycles. The lowest BCUT2D eigenvalue weighted by Crippen LogP contribution is -2.32. The summed E-state index contributed by atoms with van der Waals surface area (Å²) in [5, 5.41) is 11.9. The highest BCUT2D eigenvalue weighted by Gasteiger charge is 2.14. The van der Waals surface area contributed by atoms with E-state index in [1.165, 1.54) is 17.3 Å². The molecule has 2 rings (SSSR count). The largest absolute Gasteiger partial charge is 0.356 e. The number of rotatable bonds is 8. The lowest BCUT2D eigenvalue weighted by Gasteiger charge is -2.15. The zero-order valence-corrected chi connectivity index (χ0v) is 16.7. The van der Waals surface area contributed by atoms with Crippen molar-refractivity contribution < 1.29 is 4.79 Å². The van der Waals surface area contributed by atoms with Gasteiger partial charge < -0.3 is 5.32 Å². The first-order valence-corrected chi connectivity index (χ1v) is 13.0. The fourth-order valence-electron chi connectivity index (χ4n) is 2.29. The molecule has 0 unspecified atom stereocenters. The Morgan fingerprint density at radius 3 is 2.75 bits per heavy atom. The van der Waals surface area contributed by atoms with Crippen LogP contribution in [-0.2, 0) is 11.2 Å². The first-order valence-electron chi connectivity index (χ1n) is 8.28. The van der Waals surface area contributed by atoms with Crippen LogP contribution in [-0.4, -0.2) is 41.0 Å². The van der Waals surface area contributed by atoms with E-state index in [0.717, 1.165) is 29.9 Å². The van der Waals surface area contributed by atoms with Crippen molar-refractivity contribution in [1.82, 2.24) is 20.1 Å². The summed E-state index contributed by atoms with van der Waals surface area (Å²) in [6.07, 6.45) is 2.65. The van der Waals surface area contributed by atoms with E-state index in [1.807, 2.05) is 16.7 Å². The molecule has 0 aliphatic heterocycles. The lowest BCUT2D eigenvalue weighted by molar-refractivity contribution is -0.118. The standard InChI is InChI=1S/C17H26N4OSSi/c1-5-14-8-6-7-9-15(14)21-13-19-20-17(21)23-12-16(22)18-10-11-24(2,3)4/h6-9,13H,5,10-12H2,1-4H3,(H,18,22). The van der Waals surface area contributed by atoms with Gasteiger partial charge in [0.25, 0.3) is 0 Å². The lowest BCUT2D eigenvalue weighted by atomic mass is 10.1. The van der Waals surface area contributed by atoms with E-state index < -0.39 is 8.07 Å². The van der Waals surface area contributed by atoms with Gasteiger partial charge in [0.2, 0.25) is 5.91 Å². The minimum Gasteiger partial charge on any atom is -0.356 e. The summed E-state index contributed by atoms with van der Waals surface area (Å²) in [5.41, 5.74) is 2.31. The Hall–Kier alpha value is -1.60. The molecule has 5 nitrogen and oxygen atoms in total. The van der Waals surface area contributed by atoms with Crippen LogP contribution in [0.2, 0.25) is 25.7 Å². The molecule has 1 N–H and O–H groups in total. The van der Waals surface area contributed by atoms with E-state index in [4.69, 9.17) is 0 Å². The van der Waals surface area contributed by atoms with Gasteiger partial charge >= 0.3 is 0 Å². The van der Waals surface area contributed by atoms with Crippen LogP contribution in [0.15, 0.2) is 35.7 Å². The molecule has 0 fully saturated rings. The van der Waals surface area contributed by atoms with Gasteiger partial charge in [-0.25, -0.2) is 0 Å². The SMILES string of the molecule is CCc1ccccc1-n1cnnc1SCC(=O)NCC[Si](C)(C)C. The molecule has 0 atom stereocenters. The fourth-order valence-corrected chi connectivity index (χ4v) is 3.92. The number of benzene rings is 1. The van der Waals surface area contributed by atoms with Crippen LogP contribution in [0.4, 0.5) is 0 Å². The monoisotopic (exact) mass is 362 g/mol. The number of aryl methyl sites for hydroxylation is 1. The molecule has 0 saturated carbocycles. The van der Waals surface area contributed by atoms with Crippen LogP contribution in [0, 0.1) is 0 Å². The molecule has 0 aliphatic rings. The summed E-state index contributed by atoms with van der Waals surface area (Å²) < 4.78 is 1.96. The van der Waals surface area contributed by atoms with E-state index in [9.17, 15) is 4.79 Å². The number of carbonyl (C=O) groups is 1. The van der Waals surface area contributed by atoms with E-state index >= 15 is 0 Å². The molecule has 2 aromatic rings. The van der Waals surface area contributed by atoms with Gasteiger partial charge in [0.05, 0.1) is 11.4 Å². The summed E-state index contributed by atoms with van der Waals surface area (Å²) >= 11 is 1.42. The Morgan fingerprint density at radius 2 is 2.04 bits per heavy atom. The van der Waals surface area contributed by atoms with E-state index in [0.29, 0.717) is 5.75 Å². The molecule has 0 saturated heterocycles. The Morgan fingerprint density at radius 1 is 1.29 bits per heavy atom. The summed E-state index contributed by atoms with van der Waals surface area (Å²) in [5.74, 6) is 0.412. The fraction of sp³-hybridized carbons (Fsp3) is 0.471. The highest BCUT2D eigenvalue weighted by molar-refractivity contribution is 7.99. The minimum absolute atomic E-state index is 0.0524. The van der Waals surface area contributed by atoms with Gasteiger partial charge in [-0.2, -0.15) is 0 Å². The zero-order chi connectivity index (χ0) is 17.6.